The van der Waals surface area contributed by atoms with E-state index in [-0.39, 0.29) is 40.6 Å². The highest BCUT2D eigenvalue weighted by Gasteiger charge is 2.39. The van der Waals surface area contributed by atoms with Gasteiger partial charge in [-0.15, -0.1) is 0 Å². The molecule has 3 rings (SSSR count). The predicted octanol–water partition coefficient (Wildman–Crippen LogP) is 5.82. The fourth-order valence-electron chi connectivity index (χ4n) is 5.37. The number of carbonyl (C=O) groups is 3. The Balaban J connectivity index is 1.90. The van der Waals surface area contributed by atoms with Gasteiger partial charge in [-0.3, -0.25) is 14.4 Å². The highest BCUT2D eigenvalue weighted by atomic mass is 16.5. The summed E-state index contributed by atoms with van der Waals surface area (Å²) in [5.74, 6) is -0.0220. The van der Waals surface area contributed by atoms with Crippen LogP contribution in [0, 0.1) is 29.6 Å². The second kappa shape index (κ2) is 14.2. The van der Waals surface area contributed by atoms with Crippen molar-refractivity contribution in [3.63, 3.8) is 0 Å². The Kier molecular flexibility index (Phi) is 11.0. The number of amides is 2. The van der Waals surface area contributed by atoms with Crippen LogP contribution >= 0.6 is 0 Å². The quantitative estimate of drug-likeness (QED) is 0.335. The molecule has 2 aromatic rings. The zero-order valence-corrected chi connectivity index (χ0v) is 25.8. The van der Waals surface area contributed by atoms with Crippen LogP contribution in [0.15, 0.2) is 30.3 Å². The molecule has 2 amide bonds. The molecule has 1 aliphatic carbocycles. The Morgan fingerprint density at radius 1 is 1.07 bits per heavy atom. The molecule has 226 valence electrons. The number of aryl methyl sites for hydroxylation is 1. The number of nitrogens with one attached hydrogen (secondary N) is 1. The van der Waals surface area contributed by atoms with Crippen molar-refractivity contribution in [1.82, 2.24) is 5.32 Å². The van der Waals surface area contributed by atoms with E-state index in [0.717, 1.165) is 18.4 Å². The summed E-state index contributed by atoms with van der Waals surface area (Å²) in [6.45, 7) is 8.54. The first-order valence-electron chi connectivity index (χ1n) is 14.6. The van der Waals surface area contributed by atoms with Gasteiger partial charge in [-0.25, -0.2) is 0 Å². The van der Waals surface area contributed by atoms with E-state index in [9.17, 15) is 19.6 Å². The largest absolute Gasteiger partial charge is 0.496 e. The van der Waals surface area contributed by atoms with E-state index in [0.29, 0.717) is 49.4 Å². The molecule has 1 N–H and O–H groups in total. The fourth-order valence-corrected chi connectivity index (χ4v) is 5.37. The fraction of sp³-hybridized carbons (Fsp3) is 0.515. The summed E-state index contributed by atoms with van der Waals surface area (Å²) in [6.07, 6.45) is 4.08. The molecule has 0 unspecified atom stereocenters. The van der Waals surface area contributed by atoms with Gasteiger partial charge in [-0.1, -0.05) is 32.8 Å². The second-order valence-electron chi connectivity index (χ2n) is 11.3. The van der Waals surface area contributed by atoms with Crippen LogP contribution in [0.25, 0.3) is 0 Å². The van der Waals surface area contributed by atoms with E-state index in [1.54, 1.807) is 19.2 Å². The maximum Gasteiger partial charge on any atom is 0.311 e. The van der Waals surface area contributed by atoms with Crippen molar-refractivity contribution < 1.29 is 28.6 Å². The Hall–Kier alpha value is -4.06. The number of carbonyl (C=O) groups excluding carboxylic acids is 3. The van der Waals surface area contributed by atoms with Gasteiger partial charge in [-0.05, 0) is 69.2 Å². The Bertz CT molecular complexity index is 1340. The monoisotopic (exact) mass is 577 g/mol. The van der Waals surface area contributed by atoms with Crippen molar-refractivity contribution in [3.8, 4) is 17.6 Å². The molecular weight excluding hydrogens is 534 g/mol. The van der Waals surface area contributed by atoms with E-state index in [1.807, 2.05) is 19.9 Å². The lowest BCUT2D eigenvalue weighted by atomic mass is 9.74. The summed E-state index contributed by atoms with van der Waals surface area (Å²) in [5.41, 5.74) is 1.63. The maximum absolute atomic E-state index is 13.9. The molecule has 42 heavy (non-hydrogen) atoms. The number of nitrogens with zero attached hydrogens (tertiary/aromatic N) is 2. The molecule has 0 bridgehead atoms. The second-order valence-corrected chi connectivity index (χ2v) is 11.3. The minimum absolute atomic E-state index is 0.203. The van der Waals surface area contributed by atoms with Gasteiger partial charge in [0.1, 0.15) is 17.6 Å². The van der Waals surface area contributed by atoms with Crippen LogP contribution in [-0.4, -0.2) is 51.7 Å². The highest BCUT2D eigenvalue weighted by Crippen LogP contribution is 2.39. The van der Waals surface area contributed by atoms with Crippen molar-refractivity contribution in [2.45, 2.75) is 72.3 Å². The van der Waals surface area contributed by atoms with E-state index in [4.69, 9.17) is 14.2 Å². The van der Waals surface area contributed by atoms with Crippen LogP contribution in [0.1, 0.15) is 91.1 Å². The molecule has 9 heteroatoms. The molecule has 0 atom stereocenters. The van der Waals surface area contributed by atoms with Crippen LogP contribution in [0.2, 0.25) is 0 Å². The molecular formula is C33H43N3O6. The first-order chi connectivity index (χ1) is 20.0. The van der Waals surface area contributed by atoms with Crippen LogP contribution < -0.4 is 19.7 Å². The summed E-state index contributed by atoms with van der Waals surface area (Å²) < 4.78 is 16.7. The number of methoxy groups -OCH3 is 2. The van der Waals surface area contributed by atoms with Crippen molar-refractivity contribution >= 4 is 23.5 Å². The van der Waals surface area contributed by atoms with Crippen molar-refractivity contribution in [1.29, 1.82) is 5.26 Å². The number of nitriles is 1. The summed E-state index contributed by atoms with van der Waals surface area (Å²) in [5, 5.41) is 12.9. The van der Waals surface area contributed by atoms with Gasteiger partial charge in [0.05, 0.1) is 48.1 Å². The minimum Gasteiger partial charge on any atom is -0.496 e. The molecule has 1 fully saturated rings. The molecule has 1 aliphatic rings. The Morgan fingerprint density at radius 3 is 2.31 bits per heavy atom. The van der Waals surface area contributed by atoms with Crippen molar-refractivity contribution in [2.75, 3.05) is 32.7 Å². The average molecular weight is 578 g/mol. The van der Waals surface area contributed by atoms with Gasteiger partial charge in [0.15, 0.2) is 0 Å². The van der Waals surface area contributed by atoms with Gasteiger partial charge in [-0.2, -0.15) is 5.26 Å². The van der Waals surface area contributed by atoms with E-state index < -0.39 is 11.3 Å². The van der Waals surface area contributed by atoms with Crippen molar-refractivity contribution in [2.24, 2.45) is 11.3 Å². The van der Waals surface area contributed by atoms with Gasteiger partial charge in [0.2, 0.25) is 0 Å². The van der Waals surface area contributed by atoms with E-state index in [1.165, 1.54) is 31.3 Å². The van der Waals surface area contributed by atoms with Gasteiger partial charge in [0.25, 0.3) is 11.8 Å². The van der Waals surface area contributed by atoms with Crippen molar-refractivity contribution in [3.05, 3.63) is 52.6 Å². The zero-order chi connectivity index (χ0) is 31.0. The molecule has 0 radical (unpaired) electrons. The smallest absolute Gasteiger partial charge is 0.311 e. The number of anilines is 1. The van der Waals surface area contributed by atoms with Crippen LogP contribution in [0.3, 0.4) is 0 Å². The highest BCUT2D eigenvalue weighted by molar-refractivity contribution is 6.11. The third-order valence-corrected chi connectivity index (χ3v) is 8.43. The molecule has 0 spiro atoms. The summed E-state index contributed by atoms with van der Waals surface area (Å²) in [7, 11) is 4.44. The molecule has 0 heterocycles. The minimum atomic E-state index is -0.567. The Morgan fingerprint density at radius 2 is 1.74 bits per heavy atom. The molecule has 1 saturated carbocycles. The molecule has 2 aromatic carbocycles. The predicted molar refractivity (Wildman–Crippen MR) is 161 cm³/mol. The lowest BCUT2D eigenvalue weighted by Crippen LogP contribution is -2.37. The first kappa shape index (κ1) is 32.5. The number of ether oxygens (including phenoxy) is 3. The average Bonchev–Trinajstić information content (AvgIpc) is 3.01. The third-order valence-electron chi connectivity index (χ3n) is 8.43. The first-order valence-corrected chi connectivity index (χ1v) is 14.6. The van der Waals surface area contributed by atoms with Gasteiger partial charge in [0, 0.05) is 19.7 Å². The number of hydrogen-bond donors (Lipinski definition) is 1. The standard InChI is InChI=1S/C33H43N3O6/c1-8-22(9-2)20-35-30(37)25-11-10-21(3)16-27(25)36(5)31(38)26-18-28(23(19-34)17-29(26)40-6)42-24-12-14-33(4,15-13-24)32(39)41-7/h10-11,16-18,22,24H,8-9,12-15,20H2,1-7H3,(H,35,37). The van der Waals surface area contributed by atoms with Crippen LogP contribution in [0.5, 0.6) is 11.5 Å². The molecule has 9 nitrogen and oxygen atoms in total. The zero-order valence-electron chi connectivity index (χ0n) is 25.8. The topological polar surface area (TPSA) is 118 Å². The lowest BCUT2D eigenvalue weighted by molar-refractivity contribution is -0.154. The van der Waals surface area contributed by atoms with Gasteiger partial charge >= 0.3 is 5.97 Å². The summed E-state index contributed by atoms with van der Waals surface area (Å²) >= 11 is 0. The van der Waals surface area contributed by atoms with Crippen LogP contribution in [0.4, 0.5) is 5.69 Å². The van der Waals surface area contributed by atoms with Crippen LogP contribution in [-0.2, 0) is 9.53 Å². The van der Waals surface area contributed by atoms with E-state index >= 15 is 0 Å². The van der Waals surface area contributed by atoms with Gasteiger partial charge < -0.3 is 24.4 Å². The maximum atomic E-state index is 13.9. The lowest BCUT2D eigenvalue weighted by Gasteiger charge is -2.35. The SMILES string of the molecule is CCC(CC)CNC(=O)c1ccc(C)cc1N(C)C(=O)c1cc(OC2CCC(C)(C(=O)OC)CC2)c(C#N)cc1OC. The Labute approximate surface area is 249 Å². The molecule has 0 saturated heterocycles. The normalized spacial score (nSPS) is 18.1. The third kappa shape index (κ3) is 7.22. The summed E-state index contributed by atoms with van der Waals surface area (Å²) in [6, 6.07) is 10.5. The number of rotatable bonds is 11. The summed E-state index contributed by atoms with van der Waals surface area (Å²) in [4.78, 5) is 40.8. The molecule has 0 aliphatic heterocycles. The number of benzene rings is 2. The number of esters is 1. The van der Waals surface area contributed by atoms with E-state index in [2.05, 4.69) is 25.2 Å². The molecule has 0 aromatic heterocycles. The number of hydrogen-bond acceptors (Lipinski definition) is 7.